The number of ketones is 1. The van der Waals surface area contributed by atoms with E-state index in [1.807, 2.05) is 12.1 Å². The van der Waals surface area contributed by atoms with Gasteiger partial charge in [0.1, 0.15) is 5.75 Å². The van der Waals surface area contributed by atoms with E-state index < -0.39 is 11.4 Å². The molecule has 0 saturated carbocycles. The van der Waals surface area contributed by atoms with Gasteiger partial charge in [-0.15, -0.1) is 0 Å². The molecule has 2 aromatic carbocycles. The number of carbonyl (C=O) groups excluding carboxylic acids is 3. The molecule has 0 aliphatic rings. The van der Waals surface area contributed by atoms with Gasteiger partial charge in [-0.25, -0.2) is 0 Å². The van der Waals surface area contributed by atoms with Crippen LogP contribution in [-0.2, 0) is 19.1 Å². The lowest BCUT2D eigenvalue weighted by atomic mass is 9.91. The number of esters is 1. The van der Waals surface area contributed by atoms with Gasteiger partial charge in [0.2, 0.25) is 5.91 Å². The standard InChI is InChI=1S/C23H27NO6/c1-23(2,3)20(25)15-29-22(27)14-13-21(26)24-16-9-11-17(12-10-16)30-19-8-6-5-7-18(19)28-4/h5-12H,13-15H2,1-4H3,(H,24,26). The number of ether oxygens (including phenoxy) is 3. The van der Waals surface area contributed by atoms with E-state index in [0.29, 0.717) is 22.9 Å². The fourth-order valence-electron chi connectivity index (χ4n) is 2.31. The number of hydrogen-bond donors (Lipinski definition) is 1. The highest BCUT2D eigenvalue weighted by atomic mass is 16.5. The molecule has 0 saturated heterocycles. The van der Waals surface area contributed by atoms with Crippen LogP contribution >= 0.6 is 0 Å². The molecule has 0 atom stereocenters. The summed E-state index contributed by atoms with van der Waals surface area (Å²) in [5.74, 6) is 0.710. The third kappa shape index (κ3) is 7.24. The summed E-state index contributed by atoms with van der Waals surface area (Å²) in [4.78, 5) is 35.5. The van der Waals surface area contributed by atoms with E-state index in [2.05, 4.69) is 5.32 Å². The lowest BCUT2D eigenvalue weighted by Crippen LogP contribution is -2.26. The number of rotatable bonds is 9. The maximum Gasteiger partial charge on any atom is 0.306 e. The summed E-state index contributed by atoms with van der Waals surface area (Å²) in [5, 5.41) is 2.71. The van der Waals surface area contributed by atoms with Gasteiger partial charge in [-0.2, -0.15) is 0 Å². The Bertz CT molecular complexity index is 883. The molecular formula is C23H27NO6. The number of benzene rings is 2. The van der Waals surface area contributed by atoms with Crippen molar-refractivity contribution in [2.75, 3.05) is 19.0 Å². The summed E-state index contributed by atoms with van der Waals surface area (Å²) in [6, 6.07) is 14.1. The molecule has 1 amide bonds. The van der Waals surface area contributed by atoms with E-state index in [4.69, 9.17) is 14.2 Å². The van der Waals surface area contributed by atoms with E-state index in [0.717, 1.165) is 0 Å². The topological polar surface area (TPSA) is 90.9 Å². The number of Topliss-reactive ketones (excluding diaryl/α,β-unsaturated/α-hetero) is 1. The van der Waals surface area contributed by atoms with Gasteiger partial charge in [0.25, 0.3) is 0 Å². The Morgan fingerprint density at radius 3 is 2.13 bits per heavy atom. The molecule has 30 heavy (non-hydrogen) atoms. The maximum absolute atomic E-state index is 12.0. The molecule has 0 spiro atoms. The molecule has 0 aliphatic carbocycles. The number of anilines is 1. The Morgan fingerprint density at radius 2 is 1.53 bits per heavy atom. The van der Waals surface area contributed by atoms with Gasteiger partial charge in [-0.1, -0.05) is 32.9 Å². The monoisotopic (exact) mass is 413 g/mol. The molecule has 2 rings (SSSR count). The molecule has 0 heterocycles. The number of carbonyl (C=O) groups is 3. The first-order valence-electron chi connectivity index (χ1n) is 9.59. The average molecular weight is 413 g/mol. The van der Waals surface area contributed by atoms with Crippen LogP contribution in [-0.4, -0.2) is 31.4 Å². The van der Waals surface area contributed by atoms with Gasteiger partial charge in [-0.05, 0) is 36.4 Å². The van der Waals surface area contributed by atoms with Crippen molar-refractivity contribution < 1.29 is 28.6 Å². The van der Waals surface area contributed by atoms with Crippen molar-refractivity contribution in [1.82, 2.24) is 0 Å². The van der Waals surface area contributed by atoms with Crippen LogP contribution in [0.5, 0.6) is 17.2 Å². The summed E-state index contributed by atoms with van der Waals surface area (Å²) >= 11 is 0. The Balaban J connectivity index is 1.79. The van der Waals surface area contributed by atoms with Gasteiger partial charge in [-0.3, -0.25) is 14.4 Å². The van der Waals surface area contributed by atoms with Crippen LogP contribution in [0.1, 0.15) is 33.6 Å². The lowest BCUT2D eigenvalue weighted by molar-refractivity contribution is -0.150. The van der Waals surface area contributed by atoms with Crippen molar-refractivity contribution in [3.05, 3.63) is 48.5 Å². The number of amides is 1. The van der Waals surface area contributed by atoms with Crippen LogP contribution in [0.2, 0.25) is 0 Å². The Hall–Kier alpha value is -3.35. The zero-order valence-electron chi connectivity index (χ0n) is 17.7. The molecule has 0 aromatic heterocycles. The van der Waals surface area contributed by atoms with Crippen LogP contribution in [0.25, 0.3) is 0 Å². The van der Waals surface area contributed by atoms with Gasteiger partial charge >= 0.3 is 5.97 Å². The second-order valence-corrected chi connectivity index (χ2v) is 7.66. The summed E-state index contributed by atoms with van der Waals surface area (Å²) in [7, 11) is 1.57. The summed E-state index contributed by atoms with van der Waals surface area (Å²) in [5.41, 5.74) is 0.00256. The largest absolute Gasteiger partial charge is 0.493 e. The van der Waals surface area contributed by atoms with Crippen LogP contribution in [0, 0.1) is 5.41 Å². The lowest BCUT2D eigenvalue weighted by Gasteiger charge is -2.16. The SMILES string of the molecule is COc1ccccc1Oc1ccc(NC(=O)CCC(=O)OCC(=O)C(C)(C)C)cc1. The third-order valence-corrected chi connectivity index (χ3v) is 4.19. The smallest absolute Gasteiger partial charge is 0.306 e. The predicted octanol–water partition coefficient (Wildman–Crippen LogP) is 4.36. The summed E-state index contributed by atoms with van der Waals surface area (Å²) in [6.45, 7) is 4.98. The van der Waals surface area contributed by atoms with Crippen LogP contribution in [0.15, 0.2) is 48.5 Å². The molecule has 1 N–H and O–H groups in total. The fourth-order valence-corrected chi connectivity index (χ4v) is 2.31. The van der Waals surface area contributed by atoms with Gasteiger partial charge in [0.15, 0.2) is 23.9 Å². The normalized spacial score (nSPS) is 10.8. The maximum atomic E-state index is 12.0. The number of nitrogens with one attached hydrogen (secondary N) is 1. The molecule has 0 radical (unpaired) electrons. The van der Waals surface area contributed by atoms with Gasteiger partial charge in [0.05, 0.1) is 13.5 Å². The zero-order chi connectivity index (χ0) is 22.1. The van der Waals surface area contributed by atoms with Crippen molar-refractivity contribution >= 4 is 23.3 Å². The molecule has 0 unspecified atom stereocenters. The first kappa shape index (κ1) is 22.9. The summed E-state index contributed by atoms with van der Waals surface area (Å²) < 4.78 is 16.0. The Kier molecular flexibility index (Phi) is 7.98. The molecule has 7 nitrogen and oxygen atoms in total. The second-order valence-electron chi connectivity index (χ2n) is 7.66. The third-order valence-electron chi connectivity index (χ3n) is 4.19. The Labute approximate surface area is 176 Å². The highest BCUT2D eigenvalue weighted by Crippen LogP contribution is 2.31. The number of hydrogen-bond acceptors (Lipinski definition) is 6. The van der Waals surface area contributed by atoms with E-state index in [-0.39, 0.29) is 31.1 Å². The Morgan fingerprint density at radius 1 is 0.900 bits per heavy atom. The first-order chi connectivity index (χ1) is 14.2. The second kappa shape index (κ2) is 10.4. The molecule has 7 heteroatoms. The van der Waals surface area contributed by atoms with E-state index in [1.165, 1.54) is 0 Å². The molecule has 160 valence electrons. The predicted molar refractivity (Wildman–Crippen MR) is 113 cm³/mol. The highest BCUT2D eigenvalue weighted by molar-refractivity contribution is 5.93. The molecule has 0 fully saturated rings. The van der Waals surface area contributed by atoms with Crippen LogP contribution in [0.4, 0.5) is 5.69 Å². The minimum absolute atomic E-state index is 0.0397. The molecule has 0 aliphatic heterocycles. The van der Waals surface area contributed by atoms with Gasteiger partial charge < -0.3 is 19.5 Å². The average Bonchev–Trinajstić information content (AvgIpc) is 2.71. The zero-order valence-corrected chi connectivity index (χ0v) is 17.7. The van der Waals surface area contributed by atoms with E-state index in [1.54, 1.807) is 64.3 Å². The van der Waals surface area contributed by atoms with E-state index >= 15 is 0 Å². The first-order valence-corrected chi connectivity index (χ1v) is 9.59. The molecular weight excluding hydrogens is 386 g/mol. The van der Waals surface area contributed by atoms with Crippen LogP contribution < -0.4 is 14.8 Å². The summed E-state index contributed by atoms with van der Waals surface area (Å²) in [6.07, 6.45) is -0.139. The minimum atomic E-state index is -0.580. The van der Waals surface area contributed by atoms with Crippen molar-refractivity contribution in [1.29, 1.82) is 0 Å². The number of para-hydroxylation sites is 2. The van der Waals surface area contributed by atoms with Crippen molar-refractivity contribution in [2.45, 2.75) is 33.6 Å². The molecule has 2 aromatic rings. The molecule has 0 bridgehead atoms. The van der Waals surface area contributed by atoms with Crippen molar-refractivity contribution in [3.63, 3.8) is 0 Å². The number of methoxy groups -OCH3 is 1. The quantitative estimate of drug-likeness (QED) is 0.614. The van der Waals surface area contributed by atoms with Gasteiger partial charge in [0, 0.05) is 17.5 Å². The minimum Gasteiger partial charge on any atom is -0.493 e. The van der Waals surface area contributed by atoms with Crippen molar-refractivity contribution in [3.8, 4) is 17.2 Å². The van der Waals surface area contributed by atoms with E-state index in [9.17, 15) is 14.4 Å². The van der Waals surface area contributed by atoms with Crippen molar-refractivity contribution in [2.24, 2.45) is 5.41 Å². The van der Waals surface area contributed by atoms with Crippen LogP contribution in [0.3, 0.4) is 0 Å². The highest BCUT2D eigenvalue weighted by Gasteiger charge is 2.22. The fraction of sp³-hybridized carbons (Fsp3) is 0.348.